The molecule has 0 atom stereocenters. The van der Waals surface area contributed by atoms with Gasteiger partial charge in [0.05, 0.1) is 49.2 Å². The van der Waals surface area contributed by atoms with E-state index in [4.69, 9.17) is 26.1 Å². The van der Waals surface area contributed by atoms with Crippen LogP contribution in [0.2, 0.25) is 5.02 Å². The van der Waals surface area contributed by atoms with Gasteiger partial charge in [-0.2, -0.15) is 0 Å². The number of hydrogen-bond donors (Lipinski definition) is 1. The van der Waals surface area contributed by atoms with Crippen molar-refractivity contribution >= 4 is 40.3 Å². The van der Waals surface area contributed by atoms with Crippen molar-refractivity contribution in [3.05, 3.63) is 112 Å². The number of carbonyl (C=O) groups excluding carboxylic acids is 1. The zero-order valence-corrected chi connectivity index (χ0v) is 24.2. The molecule has 1 aromatic heterocycles. The number of methoxy groups -OCH3 is 1. The number of pyridine rings is 1. The summed E-state index contributed by atoms with van der Waals surface area (Å²) in [6.45, 7) is 7.40. The molecule has 0 aliphatic carbocycles. The average molecular weight is 569 g/mol. The molecule has 3 heterocycles. The molecular weight excluding hydrogens is 536 g/mol. The van der Waals surface area contributed by atoms with Crippen LogP contribution in [0, 0.1) is 13.8 Å². The number of aromatic nitrogens is 1. The number of halogens is 1. The number of nitrogens with zero attached hydrogens (tertiary/aromatic N) is 3. The lowest BCUT2D eigenvalue weighted by Gasteiger charge is -2.29. The first-order valence-corrected chi connectivity index (χ1v) is 14.0. The molecule has 1 saturated heterocycles. The molecule has 2 aliphatic rings. The minimum absolute atomic E-state index is 0.173. The Morgan fingerprint density at radius 2 is 1.80 bits per heavy atom. The van der Waals surface area contributed by atoms with Crippen molar-refractivity contribution in [2.75, 3.05) is 43.6 Å². The fraction of sp³-hybridized carbons (Fsp3) is 0.242. The number of nitrogens with one attached hydrogen (secondary N) is 1. The number of anilines is 2. The second-order valence-electron chi connectivity index (χ2n) is 9.96. The summed E-state index contributed by atoms with van der Waals surface area (Å²) in [5.74, 6) is 0.668. The van der Waals surface area contributed by atoms with E-state index in [0.29, 0.717) is 16.3 Å². The molecule has 0 spiro atoms. The highest BCUT2D eigenvalue weighted by Crippen LogP contribution is 2.34. The molecule has 0 radical (unpaired) electrons. The number of benzene rings is 3. The lowest BCUT2D eigenvalue weighted by molar-refractivity contribution is 0.102. The fourth-order valence-corrected chi connectivity index (χ4v) is 5.09. The van der Waals surface area contributed by atoms with E-state index < -0.39 is 0 Å². The summed E-state index contributed by atoms with van der Waals surface area (Å²) < 4.78 is 10.5. The van der Waals surface area contributed by atoms with Gasteiger partial charge in [-0.25, -0.2) is 0 Å². The third-order valence-electron chi connectivity index (χ3n) is 7.17. The van der Waals surface area contributed by atoms with Crippen LogP contribution in [0.25, 0.3) is 0 Å². The van der Waals surface area contributed by atoms with Crippen molar-refractivity contribution in [2.24, 2.45) is 4.99 Å². The van der Waals surface area contributed by atoms with Crippen LogP contribution in [0.3, 0.4) is 0 Å². The zero-order chi connectivity index (χ0) is 28.8. The highest BCUT2D eigenvalue weighted by molar-refractivity contribution is 6.30. The molecule has 210 valence electrons. The molecule has 41 heavy (non-hydrogen) atoms. The van der Waals surface area contributed by atoms with Gasteiger partial charge in [-0.15, -0.1) is 0 Å². The molecule has 2 aliphatic heterocycles. The molecule has 1 amide bonds. The third kappa shape index (κ3) is 6.76. The molecule has 7 nitrogen and oxygen atoms in total. The maximum absolute atomic E-state index is 12.9. The molecule has 0 saturated carbocycles. The Bertz CT molecular complexity index is 1570. The van der Waals surface area contributed by atoms with Crippen LogP contribution in [-0.2, 0) is 11.2 Å². The van der Waals surface area contributed by atoms with E-state index in [9.17, 15) is 4.79 Å². The van der Waals surface area contributed by atoms with Gasteiger partial charge in [0.1, 0.15) is 5.75 Å². The van der Waals surface area contributed by atoms with E-state index in [-0.39, 0.29) is 5.91 Å². The Labute approximate surface area is 245 Å². The minimum Gasteiger partial charge on any atom is -0.496 e. The summed E-state index contributed by atoms with van der Waals surface area (Å²) in [7, 11) is 1.64. The first kappa shape index (κ1) is 28.3. The zero-order valence-electron chi connectivity index (χ0n) is 23.5. The standard InChI is InChI=1S/C25H24N4O2.C8H9ClO/c1-17-7-8-20(29-10-12-31-13-11-29)15-22(17)23-14-18-4-2-6-21(24(18)28-23)25(30)27-19-5-3-9-26-16-19;1-6-3-4-7(9)5-8(6)10-2/h2-9,15-16H,10-14H2,1H3,(H,27,30);3-5H,1-2H3. The summed E-state index contributed by atoms with van der Waals surface area (Å²) in [6, 6.07) is 21.5. The number of morpholine rings is 1. The molecule has 4 aromatic rings. The predicted molar refractivity (Wildman–Crippen MR) is 165 cm³/mol. The predicted octanol–water partition coefficient (Wildman–Crippen LogP) is 6.81. The average Bonchev–Trinajstić information content (AvgIpc) is 3.44. The number of hydrogen-bond acceptors (Lipinski definition) is 6. The van der Waals surface area contributed by atoms with Gasteiger partial charge in [0.25, 0.3) is 5.91 Å². The van der Waals surface area contributed by atoms with Crippen LogP contribution in [0.5, 0.6) is 5.75 Å². The Morgan fingerprint density at radius 3 is 2.54 bits per heavy atom. The maximum atomic E-state index is 12.9. The number of carbonyl (C=O) groups is 1. The number of rotatable bonds is 5. The van der Waals surface area contributed by atoms with Crippen LogP contribution >= 0.6 is 11.6 Å². The Morgan fingerprint density at radius 1 is 1.00 bits per heavy atom. The highest BCUT2D eigenvalue weighted by atomic mass is 35.5. The number of para-hydroxylation sites is 1. The summed E-state index contributed by atoms with van der Waals surface area (Å²) in [4.78, 5) is 24.3. The maximum Gasteiger partial charge on any atom is 0.257 e. The number of amides is 1. The van der Waals surface area contributed by atoms with Gasteiger partial charge in [0.15, 0.2) is 0 Å². The van der Waals surface area contributed by atoms with Gasteiger partial charge in [0.2, 0.25) is 0 Å². The summed E-state index contributed by atoms with van der Waals surface area (Å²) in [5.41, 5.74) is 8.71. The number of aryl methyl sites for hydroxylation is 2. The van der Waals surface area contributed by atoms with E-state index in [1.54, 1.807) is 31.6 Å². The molecular formula is C33H33ClN4O3. The van der Waals surface area contributed by atoms with Crippen LogP contribution in [0.15, 0.2) is 84.1 Å². The van der Waals surface area contributed by atoms with Gasteiger partial charge in [-0.05, 0) is 73.0 Å². The SMILES string of the molecule is COc1cc(Cl)ccc1C.Cc1ccc(N2CCOCC2)cc1C1=Nc2c(cccc2C(=O)Nc2cccnc2)C1. The summed E-state index contributed by atoms with van der Waals surface area (Å²) in [6.07, 6.45) is 4.03. The molecule has 1 N–H and O–H groups in total. The third-order valence-corrected chi connectivity index (χ3v) is 7.40. The number of ether oxygens (including phenoxy) is 2. The van der Waals surface area contributed by atoms with Crippen LogP contribution in [-0.4, -0.2) is 50.0 Å². The molecule has 8 heteroatoms. The van der Waals surface area contributed by atoms with Crippen molar-refractivity contribution < 1.29 is 14.3 Å². The van der Waals surface area contributed by atoms with E-state index in [1.807, 2.05) is 43.3 Å². The lowest BCUT2D eigenvalue weighted by Crippen LogP contribution is -2.36. The fourth-order valence-electron chi connectivity index (χ4n) is 4.93. The normalized spacial score (nSPS) is 14.0. The van der Waals surface area contributed by atoms with Crippen molar-refractivity contribution in [3.63, 3.8) is 0 Å². The van der Waals surface area contributed by atoms with E-state index >= 15 is 0 Å². The molecule has 0 bridgehead atoms. The van der Waals surface area contributed by atoms with Crippen molar-refractivity contribution in [1.82, 2.24) is 4.98 Å². The first-order valence-electron chi connectivity index (χ1n) is 13.6. The Balaban J connectivity index is 0.000000287. The molecule has 1 fully saturated rings. The monoisotopic (exact) mass is 568 g/mol. The van der Waals surface area contributed by atoms with Crippen LogP contribution in [0.4, 0.5) is 17.1 Å². The number of aliphatic imine (C=N–C) groups is 1. The minimum atomic E-state index is -0.173. The Kier molecular flexibility index (Phi) is 8.97. The topological polar surface area (TPSA) is 76.1 Å². The summed E-state index contributed by atoms with van der Waals surface area (Å²) in [5, 5.41) is 3.63. The van der Waals surface area contributed by atoms with Crippen molar-refractivity contribution in [2.45, 2.75) is 20.3 Å². The first-order chi connectivity index (χ1) is 19.9. The van der Waals surface area contributed by atoms with Gasteiger partial charge >= 0.3 is 0 Å². The highest BCUT2D eigenvalue weighted by Gasteiger charge is 2.24. The van der Waals surface area contributed by atoms with Gasteiger partial charge < -0.3 is 19.7 Å². The van der Waals surface area contributed by atoms with Crippen LogP contribution in [0.1, 0.15) is 32.6 Å². The van der Waals surface area contributed by atoms with Gasteiger partial charge in [0, 0.05) is 42.0 Å². The Hall–Kier alpha value is -4.20. The second-order valence-corrected chi connectivity index (χ2v) is 10.4. The molecule has 6 rings (SSSR count). The smallest absolute Gasteiger partial charge is 0.257 e. The quantitative estimate of drug-likeness (QED) is 0.286. The van der Waals surface area contributed by atoms with Crippen LogP contribution < -0.4 is 15.0 Å². The van der Waals surface area contributed by atoms with Gasteiger partial charge in [-0.1, -0.05) is 35.9 Å². The molecule has 3 aromatic carbocycles. The summed E-state index contributed by atoms with van der Waals surface area (Å²) >= 11 is 5.72. The molecule has 0 unspecified atom stereocenters. The van der Waals surface area contributed by atoms with E-state index in [0.717, 1.165) is 66.6 Å². The van der Waals surface area contributed by atoms with E-state index in [1.165, 1.54) is 11.3 Å². The lowest BCUT2D eigenvalue weighted by atomic mass is 9.98. The largest absolute Gasteiger partial charge is 0.496 e. The second kappa shape index (κ2) is 13.0. The number of fused-ring (bicyclic) bond motifs is 1. The van der Waals surface area contributed by atoms with E-state index in [2.05, 4.69) is 40.3 Å². The van der Waals surface area contributed by atoms with Gasteiger partial charge in [-0.3, -0.25) is 14.8 Å². The van der Waals surface area contributed by atoms with Crippen molar-refractivity contribution in [3.8, 4) is 5.75 Å². The van der Waals surface area contributed by atoms with Crippen molar-refractivity contribution in [1.29, 1.82) is 0 Å².